The second-order valence-electron chi connectivity index (χ2n) is 6.79. The van der Waals surface area contributed by atoms with E-state index in [1.807, 2.05) is 6.92 Å². The van der Waals surface area contributed by atoms with Crippen molar-refractivity contribution >= 4 is 33.3 Å². The zero-order valence-electron chi connectivity index (χ0n) is 15.5. The number of nitrogens with zero attached hydrogens (tertiary/aromatic N) is 2. The number of hydrogen-bond acceptors (Lipinski definition) is 6. The molecule has 2 N–H and O–H groups in total. The third-order valence-electron chi connectivity index (χ3n) is 4.80. The molecular formula is C20H21FN4O2S. The lowest BCUT2D eigenvalue weighted by molar-refractivity contribution is 0.0954. The summed E-state index contributed by atoms with van der Waals surface area (Å²) in [7, 11) is 0. The molecule has 1 aliphatic rings. The van der Waals surface area contributed by atoms with Crippen LogP contribution in [-0.4, -0.2) is 35.1 Å². The predicted octanol–water partition coefficient (Wildman–Crippen LogP) is 3.66. The highest BCUT2D eigenvalue weighted by atomic mass is 32.1. The first kappa shape index (κ1) is 18.8. The zero-order chi connectivity index (χ0) is 19.5. The fourth-order valence-corrected chi connectivity index (χ4v) is 4.41. The van der Waals surface area contributed by atoms with E-state index in [-0.39, 0.29) is 24.4 Å². The molecule has 6 nitrogen and oxygen atoms in total. The number of halogens is 1. The summed E-state index contributed by atoms with van der Waals surface area (Å²) in [6, 6.07) is 6.20. The van der Waals surface area contributed by atoms with Gasteiger partial charge in [0.05, 0.1) is 16.4 Å². The van der Waals surface area contributed by atoms with Gasteiger partial charge in [-0.2, -0.15) is 0 Å². The van der Waals surface area contributed by atoms with Crippen LogP contribution in [0, 0.1) is 12.7 Å². The fraction of sp³-hybridized carbons (Fsp3) is 0.350. The highest BCUT2D eigenvalue weighted by Crippen LogP contribution is 2.33. The molecule has 1 amide bonds. The standard InChI is InChI=1S/C20H21FN4O2S/c1-12-16-18(22-10-15-6-3-7-27-15)24-11-25-20(16)28-17(12)19(26)23-9-13-4-2-5-14(21)8-13/h2,4-5,8,11,15H,3,6-7,9-10H2,1H3,(H,23,26)(H,22,24,25). The summed E-state index contributed by atoms with van der Waals surface area (Å²) < 4.78 is 19.0. The Bertz CT molecular complexity index is 1000. The Balaban J connectivity index is 1.51. The molecule has 8 heteroatoms. The molecule has 1 aliphatic heterocycles. The van der Waals surface area contributed by atoms with Gasteiger partial charge in [0.15, 0.2) is 0 Å². The number of ether oxygens (including phenoxy) is 1. The molecule has 146 valence electrons. The molecule has 2 aromatic heterocycles. The Morgan fingerprint density at radius 3 is 3.07 bits per heavy atom. The number of benzene rings is 1. The Morgan fingerprint density at radius 2 is 2.29 bits per heavy atom. The second-order valence-corrected chi connectivity index (χ2v) is 7.79. The molecule has 1 saturated heterocycles. The van der Waals surface area contributed by atoms with E-state index in [0.29, 0.717) is 17.0 Å². The predicted molar refractivity (Wildman–Crippen MR) is 107 cm³/mol. The zero-order valence-corrected chi connectivity index (χ0v) is 16.3. The van der Waals surface area contributed by atoms with Gasteiger partial charge >= 0.3 is 0 Å². The highest BCUT2D eigenvalue weighted by molar-refractivity contribution is 7.20. The van der Waals surface area contributed by atoms with Gasteiger partial charge in [-0.3, -0.25) is 4.79 Å². The monoisotopic (exact) mass is 400 g/mol. The first-order valence-electron chi connectivity index (χ1n) is 9.24. The summed E-state index contributed by atoms with van der Waals surface area (Å²) in [6.45, 7) is 3.65. The molecule has 1 fully saturated rings. The van der Waals surface area contributed by atoms with Gasteiger partial charge in [-0.25, -0.2) is 14.4 Å². The van der Waals surface area contributed by atoms with E-state index in [2.05, 4.69) is 20.6 Å². The quantitative estimate of drug-likeness (QED) is 0.660. The molecule has 1 unspecified atom stereocenters. The third kappa shape index (κ3) is 3.98. The van der Waals surface area contributed by atoms with Gasteiger partial charge in [0.25, 0.3) is 5.91 Å². The Hall–Kier alpha value is -2.58. The number of amides is 1. The van der Waals surface area contributed by atoms with Crippen LogP contribution in [0.1, 0.15) is 33.6 Å². The second kappa shape index (κ2) is 8.20. The Morgan fingerprint density at radius 1 is 1.39 bits per heavy atom. The lowest BCUT2D eigenvalue weighted by Crippen LogP contribution is -2.22. The summed E-state index contributed by atoms with van der Waals surface area (Å²) in [5.74, 6) is 0.204. The van der Waals surface area contributed by atoms with Crippen LogP contribution in [-0.2, 0) is 11.3 Å². The molecule has 0 spiro atoms. The maximum Gasteiger partial charge on any atom is 0.261 e. The van der Waals surface area contributed by atoms with Gasteiger partial charge in [-0.05, 0) is 43.0 Å². The fourth-order valence-electron chi connectivity index (χ4n) is 3.35. The van der Waals surface area contributed by atoms with Crippen molar-refractivity contribution in [2.45, 2.75) is 32.4 Å². The van der Waals surface area contributed by atoms with E-state index in [1.54, 1.807) is 12.1 Å². The molecule has 4 rings (SSSR count). The Kier molecular flexibility index (Phi) is 5.50. The summed E-state index contributed by atoms with van der Waals surface area (Å²) in [5, 5.41) is 7.06. The largest absolute Gasteiger partial charge is 0.376 e. The number of rotatable bonds is 6. The molecular weight excluding hydrogens is 379 g/mol. The van der Waals surface area contributed by atoms with Crippen LogP contribution in [0.2, 0.25) is 0 Å². The first-order valence-corrected chi connectivity index (χ1v) is 10.1. The molecule has 1 atom stereocenters. The van der Waals surface area contributed by atoms with Crippen molar-refractivity contribution in [2.24, 2.45) is 0 Å². The van der Waals surface area contributed by atoms with Gasteiger partial charge in [0.2, 0.25) is 0 Å². The van der Waals surface area contributed by atoms with Crippen molar-refractivity contribution in [3.63, 3.8) is 0 Å². The van der Waals surface area contributed by atoms with Crippen LogP contribution in [0.25, 0.3) is 10.2 Å². The smallest absolute Gasteiger partial charge is 0.261 e. The molecule has 0 bridgehead atoms. The van der Waals surface area contributed by atoms with E-state index in [0.717, 1.165) is 41.0 Å². The number of carbonyl (C=O) groups is 1. The molecule has 28 heavy (non-hydrogen) atoms. The number of nitrogens with one attached hydrogen (secondary N) is 2. The SMILES string of the molecule is Cc1c(C(=O)NCc2cccc(F)c2)sc2ncnc(NCC3CCCO3)c12. The minimum absolute atomic E-state index is 0.193. The van der Waals surface area contributed by atoms with Crippen molar-refractivity contribution in [1.82, 2.24) is 15.3 Å². The highest BCUT2D eigenvalue weighted by Gasteiger charge is 2.21. The minimum Gasteiger partial charge on any atom is -0.376 e. The lowest BCUT2D eigenvalue weighted by atomic mass is 10.1. The first-order chi connectivity index (χ1) is 13.6. The van der Waals surface area contributed by atoms with Gasteiger partial charge in [-0.1, -0.05) is 12.1 Å². The molecule has 1 aromatic carbocycles. The maximum atomic E-state index is 13.3. The number of anilines is 1. The Labute approximate surface area is 166 Å². The van der Waals surface area contributed by atoms with Gasteiger partial charge in [0.1, 0.15) is 22.8 Å². The normalized spacial score (nSPS) is 16.4. The molecule has 3 aromatic rings. The van der Waals surface area contributed by atoms with Crippen molar-refractivity contribution in [2.75, 3.05) is 18.5 Å². The lowest BCUT2D eigenvalue weighted by Gasteiger charge is -2.12. The van der Waals surface area contributed by atoms with Crippen LogP contribution in [0.4, 0.5) is 10.2 Å². The van der Waals surface area contributed by atoms with E-state index < -0.39 is 0 Å². The average Bonchev–Trinajstić information content (AvgIpc) is 3.33. The van der Waals surface area contributed by atoms with E-state index in [1.165, 1.54) is 29.8 Å². The van der Waals surface area contributed by atoms with Crippen molar-refractivity contribution in [1.29, 1.82) is 0 Å². The van der Waals surface area contributed by atoms with Gasteiger partial charge in [0, 0.05) is 19.7 Å². The summed E-state index contributed by atoms with van der Waals surface area (Å²) >= 11 is 1.33. The van der Waals surface area contributed by atoms with Crippen molar-refractivity contribution in [3.05, 3.63) is 52.4 Å². The van der Waals surface area contributed by atoms with Crippen molar-refractivity contribution < 1.29 is 13.9 Å². The van der Waals surface area contributed by atoms with E-state index in [4.69, 9.17) is 4.74 Å². The number of hydrogen-bond donors (Lipinski definition) is 2. The van der Waals surface area contributed by atoms with Crippen LogP contribution in [0.5, 0.6) is 0 Å². The number of aromatic nitrogens is 2. The summed E-state index contributed by atoms with van der Waals surface area (Å²) in [4.78, 5) is 22.7. The summed E-state index contributed by atoms with van der Waals surface area (Å²) in [6.07, 6.45) is 3.82. The average molecular weight is 400 g/mol. The maximum absolute atomic E-state index is 13.3. The topological polar surface area (TPSA) is 76.1 Å². The minimum atomic E-state index is -0.318. The number of thiophene rings is 1. The summed E-state index contributed by atoms with van der Waals surface area (Å²) in [5.41, 5.74) is 1.55. The number of aryl methyl sites for hydroxylation is 1. The van der Waals surface area contributed by atoms with E-state index in [9.17, 15) is 9.18 Å². The molecule has 0 saturated carbocycles. The van der Waals surface area contributed by atoms with Crippen LogP contribution in [0.3, 0.4) is 0 Å². The van der Waals surface area contributed by atoms with Crippen LogP contribution < -0.4 is 10.6 Å². The van der Waals surface area contributed by atoms with E-state index >= 15 is 0 Å². The number of fused-ring (bicyclic) bond motifs is 1. The van der Waals surface area contributed by atoms with Gasteiger partial charge < -0.3 is 15.4 Å². The van der Waals surface area contributed by atoms with Gasteiger partial charge in [-0.15, -0.1) is 11.3 Å². The van der Waals surface area contributed by atoms with Crippen LogP contribution >= 0.6 is 11.3 Å². The molecule has 3 heterocycles. The third-order valence-corrected chi connectivity index (χ3v) is 5.99. The molecule has 0 aliphatic carbocycles. The van der Waals surface area contributed by atoms with Crippen molar-refractivity contribution in [3.8, 4) is 0 Å². The van der Waals surface area contributed by atoms with Crippen LogP contribution in [0.15, 0.2) is 30.6 Å². The molecule has 0 radical (unpaired) electrons. The number of carbonyl (C=O) groups excluding carboxylic acids is 1.